The average Bonchev–Trinajstić information content (AvgIpc) is 1.56. The summed E-state index contributed by atoms with van der Waals surface area (Å²) >= 11 is 28.3. The highest BCUT2D eigenvalue weighted by atomic mass is 79.9. The molecule has 2 aliphatic heterocycles. The second kappa shape index (κ2) is 24.2. The summed E-state index contributed by atoms with van der Waals surface area (Å²) in [5, 5.41) is 19.5. The molecule has 6 aromatic heterocycles. The topological polar surface area (TPSA) is 249 Å². The van der Waals surface area contributed by atoms with Crippen LogP contribution in [0.15, 0.2) is 99.8 Å². The van der Waals surface area contributed by atoms with Crippen LogP contribution in [0.1, 0.15) is 131 Å². The molecule has 2 atom stereocenters. The molecule has 2 N–H and O–H groups in total. The van der Waals surface area contributed by atoms with Crippen molar-refractivity contribution in [3.05, 3.63) is 165 Å². The van der Waals surface area contributed by atoms with Gasteiger partial charge in [0.1, 0.15) is 34.9 Å². The molecule has 0 bridgehead atoms. The first kappa shape index (κ1) is 45.4. The van der Waals surface area contributed by atoms with Gasteiger partial charge >= 0.3 is 13.1 Å². The highest BCUT2D eigenvalue weighted by Gasteiger charge is 2.47. The third kappa shape index (κ3) is 11.2. The van der Waals surface area contributed by atoms with Crippen molar-refractivity contribution in [3.8, 4) is 35.0 Å². The van der Waals surface area contributed by atoms with E-state index in [0.29, 0.717) is 47.6 Å². The molecule has 442 valence electrons. The Morgan fingerprint density at radius 3 is 1.52 bits per heavy atom. The maximum absolute atomic E-state index is 14.0. The molecule has 0 radical (unpaired) electrons. The van der Waals surface area contributed by atoms with Crippen LogP contribution in [0.5, 0.6) is 23.7 Å². The van der Waals surface area contributed by atoms with Crippen LogP contribution in [-0.2, 0) is 14.1 Å². The number of carbonyl (C=O) groups excluding carboxylic acids is 2. The van der Waals surface area contributed by atoms with Gasteiger partial charge in [-0.2, -0.15) is 9.97 Å². The fourth-order valence-electron chi connectivity index (χ4n) is 9.21. The van der Waals surface area contributed by atoms with Crippen LogP contribution >= 0.6 is 62.3 Å². The van der Waals surface area contributed by atoms with E-state index in [9.17, 15) is 19.2 Å². The Kier molecular flexibility index (Phi) is 13.7. The van der Waals surface area contributed by atoms with Crippen molar-refractivity contribution < 1.29 is 74.1 Å². The molecule has 0 spiro atoms. The second-order valence-corrected chi connectivity index (χ2v) is 20.8. The second-order valence-electron chi connectivity index (χ2n) is 18.3. The lowest BCUT2D eigenvalue weighted by molar-refractivity contribution is 0.0981. The zero-order chi connectivity index (χ0) is 80.2. The summed E-state index contributed by atoms with van der Waals surface area (Å²) in [6.45, 7) is 7.98. The quantitative estimate of drug-likeness (QED) is 0.108. The Labute approximate surface area is 523 Å². The average molecular weight is 1290 g/mol. The monoisotopic (exact) mass is 1280 g/mol. The lowest BCUT2D eigenvalue weighted by atomic mass is 9.86. The van der Waals surface area contributed by atoms with Gasteiger partial charge in [0.15, 0.2) is 16.1 Å². The van der Waals surface area contributed by atoms with Gasteiger partial charge in [0, 0.05) is 90.3 Å². The Hall–Kier alpha value is -7.32. The summed E-state index contributed by atoms with van der Waals surface area (Å²) < 4.78 is 137. The number of fused-ring (bicyclic) bond motifs is 2. The molecule has 2 aromatic carbocycles. The minimum absolute atomic E-state index is 0. The van der Waals surface area contributed by atoms with E-state index >= 15 is 0 Å². The van der Waals surface area contributed by atoms with Gasteiger partial charge in [-0.15, -0.1) is 0 Å². The number of aromatic nitrogens is 10. The number of carbonyl (C=O) groups is 2. The summed E-state index contributed by atoms with van der Waals surface area (Å²) in [5.74, 6) is 0.206. The summed E-state index contributed by atoms with van der Waals surface area (Å²) in [6, 6.07) is 16.2. The molecular weight excluding hydrogens is 1190 g/mol. The van der Waals surface area contributed by atoms with E-state index in [1.807, 2.05) is 61.1 Å². The van der Waals surface area contributed by atoms with E-state index in [1.165, 1.54) is 78.1 Å². The van der Waals surface area contributed by atoms with Crippen molar-refractivity contribution in [1.82, 2.24) is 48.2 Å². The number of aryl methyl sites for hydroxylation is 2. The summed E-state index contributed by atoms with van der Waals surface area (Å²) in [4.78, 5) is 81.8. The third-order valence-electron chi connectivity index (χ3n) is 12.7. The van der Waals surface area contributed by atoms with Crippen molar-refractivity contribution in [1.29, 1.82) is 0 Å². The van der Waals surface area contributed by atoms with Gasteiger partial charge in [0.05, 0.1) is 61.6 Å². The van der Waals surface area contributed by atoms with Gasteiger partial charge in [0.25, 0.3) is 22.9 Å². The number of ether oxygens (including phenoxy) is 4. The molecule has 0 saturated heterocycles. The highest BCUT2D eigenvalue weighted by Crippen LogP contribution is 2.46. The number of hydrogen-bond acceptors (Lipinski definition) is 16. The first-order valence-electron chi connectivity index (χ1n) is 35.1. The lowest BCUT2D eigenvalue weighted by Gasteiger charge is -2.28. The Balaban J connectivity index is -0.000000322. The van der Waals surface area contributed by atoms with Gasteiger partial charge in [-0.3, -0.25) is 34.0 Å². The van der Waals surface area contributed by atoms with Crippen molar-refractivity contribution in [2.75, 3.05) is 38.2 Å². The summed E-state index contributed by atoms with van der Waals surface area (Å²) in [7, 11) is 7.22. The molecule has 0 aliphatic carbocycles. The zero-order valence-electron chi connectivity index (χ0n) is 66.4. The van der Waals surface area contributed by atoms with E-state index in [-0.39, 0.29) is 78.3 Å². The van der Waals surface area contributed by atoms with Crippen molar-refractivity contribution >= 4 is 98.2 Å². The van der Waals surface area contributed by atoms with Gasteiger partial charge in [-0.1, -0.05) is 70.7 Å². The smallest absolute Gasteiger partial charge is 0.480 e. The Morgan fingerprint density at radius 1 is 0.613 bits per heavy atom. The first-order valence-corrected chi connectivity index (χ1v) is 26.4. The molecule has 0 saturated carbocycles. The number of imidazole rings is 2. The minimum Gasteiger partial charge on any atom is -0.480 e. The van der Waals surface area contributed by atoms with E-state index in [0.717, 1.165) is 16.8 Å². The van der Waals surface area contributed by atoms with Gasteiger partial charge < -0.3 is 47.3 Å². The van der Waals surface area contributed by atoms with Crippen LogP contribution < -0.4 is 45.5 Å². The summed E-state index contributed by atoms with van der Waals surface area (Å²) in [5.41, 5.74) is 3.53. The first-order chi connectivity index (χ1) is 49.0. The number of rotatable bonds is 12. The van der Waals surface area contributed by atoms with E-state index in [1.54, 1.807) is 44.6 Å². The lowest BCUT2D eigenvalue weighted by Crippen LogP contribution is -2.36. The molecule has 2 unspecified atom stereocenters. The molecule has 8 aromatic rings. The minimum atomic E-state index is -1.70. The number of benzene rings is 2. The van der Waals surface area contributed by atoms with E-state index in [2.05, 4.69) is 40.8 Å². The molecule has 2 aliphatic rings. The van der Waals surface area contributed by atoms with E-state index < -0.39 is 25.1 Å². The van der Waals surface area contributed by atoms with Crippen LogP contribution in [-0.4, -0.2) is 106 Å². The fraction of sp³-hybridized carbons (Fsp3) is 0.269. The number of pyridine rings is 2. The van der Waals surface area contributed by atoms with Crippen LogP contribution in [0.25, 0.3) is 11.4 Å². The van der Waals surface area contributed by atoms with Crippen molar-refractivity contribution in [2.24, 2.45) is 14.1 Å². The molecule has 80 heavy (non-hydrogen) atoms. The molecule has 2 amide bonds. The number of halogens is 5. The van der Waals surface area contributed by atoms with Gasteiger partial charge in [-0.05, 0) is 91.1 Å². The van der Waals surface area contributed by atoms with Crippen LogP contribution in [0.3, 0.4) is 0 Å². The fourth-order valence-corrected chi connectivity index (χ4v) is 10.7. The SMILES string of the molecule is CC(C)n1c(Br)nc2c1C(c1ccc(Cl)cc1)N(c1cc(Cl)cn(C)c1=O)C2=O.COc1cnc(B(O)O)c(OC)n1.COc1ncc(-c2nc3c(n2C(C)C)C(c2ccc(Cl)cc2)N(c2cc(Cl)cn(C)c2=O)C3=O)c(OC)n1.[2HH].[2HH].[2H][2H].[2H][2H].[2H][2H].[2H][2H].[2H][2H].[2H][2H].[2H][2H].[2H][2H].[2H][2H].[2H][2H].[2H][2H]. The number of anilines is 2. The number of amides is 2. The third-order valence-corrected chi connectivity index (χ3v) is 14.1. The number of nitrogens with zero attached hydrogens (tertiary/aromatic N) is 12. The molecule has 8 heterocycles. The Morgan fingerprint density at radius 2 is 1.09 bits per heavy atom. The highest BCUT2D eigenvalue weighted by molar-refractivity contribution is 9.10. The van der Waals surface area contributed by atoms with Gasteiger partial charge in [0.2, 0.25) is 17.6 Å². The Bertz CT molecular complexity index is 3870. The van der Waals surface area contributed by atoms with Gasteiger partial charge in [-0.25, -0.2) is 15.0 Å². The standard InChI is InChI=1S/C26H24Cl2N6O4.C20H17BrCl2N4O2.C6H9BN2O4.13H2/c1-13(2)33-21-19(30-22(33)17-11-29-26(38-5)31-23(17)37-4)25(36)34(18-10-16(28)12-32(3)24(18)35)20(21)14-6-8-15(27)9-7-14;1-10(2)26-17-15(24-20(26)21)19(29)27(14-8-13(23)9-25(3)18(14)28)16(17)11-4-6-12(22)7-5-11;1-12-4-3-8-5(7(10)11)6(9-4)13-2;;;;;;;;;;;;;/h6-13,20H,1-5H3;4-10,16H,1-3H3;3,10-11H,1-2H3;13*1H/i;;;11*1+1D;2*1+1. The molecule has 28 heteroatoms. The largest absolute Gasteiger partial charge is 0.513 e. The zero-order valence-corrected chi connectivity index (χ0v) is 49.0. The van der Waals surface area contributed by atoms with Crippen molar-refractivity contribution in [2.45, 2.75) is 51.9 Å². The molecular formula is C52H76BBrCl4N12O10. The van der Waals surface area contributed by atoms with Crippen LogP contribution in [0, 0.1) is 0 Å². The molecule has 10 rings (SSSR count). The van der Waals surface area contributed by atoms with Crippen LogP contribution in [0.2, 0.25) is 20.1 Å². The molecule has 0 fully saturated rings. The normalized spacial score (nSPS) is 15.5. The predicted molar refractivity (Wildman–Crippen MR) is 333 cm³/mol. The van der Waals surface area contributed by atoms with Crippen molar-refractivity contribution in [3.63, 3.8) is 0 Å². The van der Waals surface area contributed by atoms with E-state index in [4.69, 9.17) is 113 Å². The maximum Gasteiger partial charge on any atom is 0.513 e. The summed E-state index contributed by atoms with van der Waals surface area (Å²) in [6.07, 6.45) is 5.84. The maximum atomic E-state index is 14.0. The number of methoxy groups -OCH3 is 4. The molecule has 22 nitrogen and oxygen atoms in total. The van der Waals surface area contributed by atoms with Crippen LogP contribution in [0.4, 0.5) is 11.4 Å². The number of hydrogen-bond donors (Lipinski definition) is 2. The predicted octanol–water partition coefficient (Wildman–Crippen LogP) is 11.0.